The number of carbonyl (C=O) groups excluding carboxylic acids is 1. The first kappa shape index (κ1) is 14.9. The van der Waals surface area contributed by atoms with Crippen LogP contribution < -0.4 is 5.32 Å². The molecule has 1 rings (SSSR count). The summed E-state index contributed by atoms with van der Waals surface area (Å²) in [4.78, 5) is 11.5. The molecule has 0 spiro atoms. The van der Waals surface area contributed by atoms with Crippen molar-refractivity contribution in [3.05, 3.63) is 29.8 Å². The molecule has 0 heterocycles. The fourth-order valence-corrected chi connectivity index (χ4v) is 1.82. The largest absolute Gasteiger partial charge is 0.418 e. The third kappa shape index (κ3) is 4.60. The smallest absolute Gasteiger partial charge is 0.325 e. The van der Waals surface area contributed by atoms with E-state index in [0.717, 1.165) is 6.07 Å². The van der Waals surface area contributed by atoms with Gasteiger partial charge in [-0.1, -0.05) is 26.0 Å². The van der Waals surface area contributed by atoms with Crippen molar-refractivity contribution in [3.8, 4) is 0 Å². The molecule has 18 heavy (non-hydrogen) atoms. The van der Waals surface area contributed by atoms with Gasteiger partial charge in [0.2, 0.25) is 5.91 Å². The molecule has 0 atom stereocenters. The zero-order valence-electron chi connectivity index (χ0n) is 10.0. The van der Waals surface area contributed by atoms with Gasteiger partial charge in [-0.2, -0.15) is 13.2 Å². The lowest BCUT2D eigenvalue weighted by atomic mass is 10.1. The lowest BCUT2D eigenvalue weighted by molar-refractivity contribution is -0.137. The third-order valence-electron chi connectivity index (χ3n) is 2.05. The molecule has 0 aliphatic carbocycles. The van der Waals surface area contributed by atoms with E-state index >= 15 is 0 Å². The second-order valence-corrected chi connectivity index (χ2v) is 5.52. The van der Waals surface area contributed by atoms with Crippen LogP contribution in [-0.2, 0) is 11.0 Å². The summed E-state index contributed by atoms with van der Waals surface area (Å²) >= 11 is 1.38. The van der Waals surface area contributed by atoms with Crippen LogP contribution in [0.5, 0.6) is 0 Å². The minimum Gasteiger partial charge on any atom is -0.325 e. The van der Waals surface area contributed by atoms with Crippen molar-refractivity contribution >= 4 is 23.4 Å². The first-order chi connectivity index (χ1) is 8.30. The number of amides is 1. The van der Waals surface area contributed by atoms with Gasteiger partial charge in [0.05, 0.1) is 17.0 Å². The Balaban J connectivity index is 2.76. The Hall–Kier alpha value is -1.17. The lowest BCUT2D eigenvalue weighted by Crippen LogP contribution is -2.18. The first-order valence-corrected chi connectivity index (χ1v) is 6.43. The maximum Gasteiger partial charge on any atom is 0.418 e. The van der Waals surface area contributed by atoms with Crippen molar-refractivity contribution in [2.24, 2.45) is 0 Å². The minimum absolute atomic E-state index is 0.143. The zero-order chi connectivity index (χ0) is 13.8. The SMILES string of the molecule is CC(C)SCC(=O)Nc1ccccc1C(F)(F)F. The number of thioether (sulfide) groups is 1. The maximum absolute atomic E-state index is 12.7. The van der Waals surface area contributed by atoms with E-state index in [1.807, 2.05) is 13.8 Å². The van der Waals surface area contributed by atoms with Crippen LogP contribution >= 0.6 is 11.8 Å². The Morgan fingerprint density at radius 1 is 1.33 bits per heavy atom. The highest BCUT2D eigenvalue weighted by atomic mass is 32.2. The van der Waals surface area contributed by atoms with E-state index in [2.05, 4.69) is 5.32 Å². The number of benzene rings is 1. The predicted molar refractivity (Wildman–Crippen MR) is 67.7 cm³/mol. The summed E-state index contributed by atoms with van der Waals surface area (Å²) < 4.78 is 38.0. The zero-order valence-corrected chi connectivity index (χ0v) is 10.9. The highest BCUT2D eigenvalue weighted by Gasteiger charge is 2.33. The van der Waals surface area contributed by atoms with E-state index in [1.165, 1.54) is 30.0 Å². The van der Waals surface area contributed by atoms with Gasteiger partial charge >= 0.3 is 6.18 Å². The molecule has 1 aromatic carbocycles. The number of hydrogen-bond donors (Lipinski definition) is 1. The monoisotopic (exact) mass is 277 g/mol. The standard InChI is InChI=1S/C12H14F3NOS/c1-8(2)18-7-11(17)16-10-6-4-3-5-9(10)12(13,14)15/h3-6,8H,7H2,1-2H3,(H,16,17). The van der Waals surface area contributed by atoms with Gasteiger partial charge in [-0.25, -0.2) is 0 Å². The number of hydrogen-bond acceptors (Lipinski definition) is 2. The molecular formula is C12H14F3NOS. The van der Waals surface area contributed by atoms with Crippen LogP contribution in [0.2, 0.25) is 0 Å². The van der Waals surface area contributed by atoms with E-state index in [4.69, 9.17) is 0 Å². The van der Waals surface area contributed by atoms with Gasteiger partial charge in [0, 0.05) is 0 Å². The number of rotatable bonds is 4. The van der Waals surface area contributed by atoms with Gasteiger partial charge in [0.25, 0.3) is 0 Å². The van der Waals surface area contributed by atoms with E-state index < -0.39 is 17.6 Å². The van der Waals surface area contributed by atoms with Gasteiger partial charge < -0.3 is 5.32 Å². The molecule has 1 aromatic rings. The molecule has 1 amide bonds. The molecule has 0 aliphatic heterocycles. The fourth-order valence-electron chi connectivity index (χ4n) is 1.27. The first-order valence-electron chi connectivity index (χ1n) is 5.38. The number of nitrogens with one attached hydrogen (secondary N) is 1. The highest BCUT2D eigenvalue weighted by molar-refractivity contribution is 8.00. The summed E-state index contributed by atoms with van der Waals surface area (Å²) in [5.41, 5.74) is -1.02. The Morgan fingerprint density at radius 3 is 2.50 bits per heavy atom. The van der Waals surface area contributed by atoms with Crippen molar-refractivity contribution < 1.29 is 18.0 Å². The molecular weight excluding hydrogens is 263 g/mol. The van der Waals surface area contributed by atoms with Crippen molar-refractivity contribution in [2.45, 2.75) is 25.3 Å². The number of para-hydroxylation sites is 1. The molecule has 0 aromatic heterocycles. The summed E-state index contributed by atoms with van der Waals surface area (Å²) in [5.74, 6) is -0.283. The Kier molecular flexibility index (Phi) is 5.07. The molecule has 0 unspecified atom stereocenters. The van der Waals surface area contributed by atoms with Crippen LogP contribution in [0.25, 0.3) is 0 Å². The molecule has 0 radical (unpaired) electrons. The molecule has 0 saturated carbocycles. The molecule has 1 N–H and O–H groups in total. The predicted octanol–water partition coefficient (Wildman–Crippen LogP) is 3.79. The average Bonchev–Trinajstić information content (AvgIpc) is 2.25. The van der Waals surface area contributed by atoms with Crippen LogP contribution in [0.4, 0.5) is 18.9 Å². The van der Waals surface area contributed by atoms with Gasteiger partial charge in [-0.15, -0.1) is 11.8 Å². The van der Waals surface area contributed by atoms with Crippen LogP contribution in [0.3, 0.4) is 0 Å². The van der Waals surface area contributed by atoms with Crippen molar-refractivity contribution in [1.82, 2.24) is 0 Å². The van der Waals surface area contributed by atoms with Crippen LogP contribution in [0.1, 0.15) is 19.4 Å². The van der Waals surface area contributed by atoms with Crippen LogP contribution in [0, 0.1) is 0 Å². The second kappa shape index (κ2) is 6.13. The van der Waals surface area contributed by atoms with E-state index in [-0.39, 0.29) is 16.7 Å². The summed E-state index contributed by atoms with van der Waals surface area (Å²) in [6.07, 6.45) is -4.46. The highest BCUT2D eigenvalue weighted by Crippen LogP contribution is 2.34. The Labute approximate surface area is 108 Å². The summed E-state index contributed by atoms with van der Waals surface area (Å²) in [5, 5.41) is 2.55. The van der Waals surface area contributed by atoms with E-state index in [1.54, 1.807) is 0 Å². The maximum atomic E-state index is 12.7. The van der Waals surface area contributed by atoms with Gasteiger partial charge in [-0.05, 0) is 17.4 Å². The van der Waals surface area contributed by atoms with Gasteiger partial charge in [0.1, 0.15) is 0 Å². The van der Waals surface area contributed by atoms with E-state index in [0.29, 0.717) is 0 Å². The molecule has 6 heteroatoms. The number of anilines is 1. The van der Waals surface area contributed by atoms with Crippen LogP contribution in [0.15, 0.2) is 24.3 Å². The molecule has 2 nitrogen and oxygen atoms in total. The summed E-state index contributed by atoms with van der Waals surface area (Å²) in [6.45, 7) is 3.84. The molecule has 100 valence electrons. The van der Waals surface area contributed by atoms with Crippen molar-refractivity contribution in [1.29, 1.82) is 0 Å². The van der Waals surface area contributed by atoms with Crippen molar-refractivity contribution in [2.75, 3.05) is 11.1 Å². The fraction of sp³-hybridized carbons (Fsp3) is 0.417. The topological polar surface area (TPSA) is 29.1 Å². The van der Waals surface area contributed by atoms with Gasteiger partial charge in [0.15, 0.2) is 0 Å². The quantitative estimate of drug-likeness (QED) is 0.907. The average molecular weight is 277 g/mol. The molecule has 0 saturated heterocycles. The number of carbonyl (C=O) groups is 1. The molecule has 0 bridgehead atoms. The normalized spacial score (nSPS) is 11.7. The Morgan fingerprint density at radius 2 is 1.94 bits per heavy atom. The van der Waals surface area contributed by atoms with Crippen LogP contribution in [-0.4, -0.2) is 16.9 Å². The minimum atomic E-state index is -4.46. The summed E-state index contributed by atoms with van der Waals surface area (Å²) in [7, 11) is 0. The lowest BCUT2D eigenvalue weighted by Gasteiger charge is -2.13. The number of alkyl halides is 3. The van der Waals surface area contributed by atoms with Gasteiger partial charge in [-0.3, -0.25) is 4.79 Å². The number of halogens is 3. The summed E-state index contributed by atoms with van der Waals surface area (Å²) in [6, 6.07) is 4.95. The third-order valence-corrected chi connectivity index (χ3v) is 3.15. The second-order valence-electron chi connectivity index (χ2n) is 3.95. The van der Waals surface area contributed by atoms with Crippen molar-refractivity contribution in [3.63, 3.8) is 0 Å². The Bertz CT molecular complexity index is 418. The molecule has 0 aliphatic rings. The van der Waals surface area contributed by atoms with E-state index in [9.17, 15) is 18.0 Å². The molecule has 0 fully saturated rings.